The second kappa shape index (κ2) is 11.5. The Kier molecular flexibility index (Phi) is 6.60. The van der Waals surface area contributed by atoms with E-state index in [1.165, 1.54) is 5.56 Å². The van der Waals surface area contributed by atoms with E-state index in [-0.39, 0.29) is 11.2 Å². The molecule has 55 heavy (non-hydrogen) atoms. The number of nitrogens with zero attached hydrogens (tertiary/aromatic N) is 3. The van der Waals surface area contributed by atoms with Crippen molar-refractivity contribution in [3.8, 4) is 39.3 Å². The second-order valence-corrected chi connectivity index (χ2v) is 15.6. The van der Waals surface area contributed by atoms with Crippen LogP contribution >= 0.6 is 0 Å². The molecule has 0 aliphatic rings. The molecule has 0 amide bonds. The molecule has 262 valence electrons. The van der Waals surface area contributed by atoms with Crippen molar-refractivity contribution < 1.29 is 9.52 Å². The van der Waals surface area contributed by atoms with E-state index in [0.29, 0.717) is 16.6 Å². The summed E-state index contributed by atoms with van der Waals surface area (Å²) in [6, 6.07) is 50.8. The highest BCUT2D eigenvalue weighted by Gasteiger charge is 2.24. The third-order valence-corrected chi connectivity index (χ3v) is 11.2. The lowest BCUT2D eigenvalue weighted by molar-refractivity contribution is 0.475. The van der Waals surface area contributed by atoms with E-state index in [4.69, 9.17) is 14.4 Å². The lowest BCUT2D eigenvalue weighted by Crippen LogP contribution is -2.11. The molecule has 0 radical (unpaired) electrons. The van der Waals surface area contributed by atoms with Crippen LogP contribution in [0, 0.1) is 0 Å². The minimum atomic E-state index is -0.115. The van der Waals surface area contributed by atoms with Crippen LogP contribution in [0.4, 0.5) is 0 Å². The van der Waals surface area contributed by atoms with Gasteiger partial charge in [0.1, 0.15) is 11.2 Å². The zero-order valence-corrected chi connectivity index (χ0v) is 30.6. The fourth-order valence-corrected chi connectivity index (χ4v) is 8.51. The first-order valence-corrected chi connectivity index (χ1v) is 18.7. The lowest BCUT2D eigenvalue weighted by Gasteiger charge is -2.22. The predicted molar refractivity (Wildman–Crippen MR) is 227 cm³/mol. The number of hydrogen-bond acceptors (Lipinski definition) is 4. The molecule has 0 unspecified atom stereocenters. The summed E-state index contributed by atoms with van der Waals surface area (Å²) in [5.41, 5.74) is 12.2. The van der Waals surface area contributed by atoms with Gasteiger partial charge in [0.15, 0.2) is 11.3 Å². The van der Waals surface area contributed by atoms with Crippen molar-refractivity contribution in [2.45, 2.75) is 26.2 Å². The highest BCUT2D eigenvalue weighted by Crippen LogP contribution is 2.46. The first-order valence-electron chi connectivity index (χ1n) is 18.7. The zero-order valence-electron chi connectivity index (χ0n) is 30.6. The fourth-order valence-electron chi connectivity index (χ4n) is 8.51. The fraction of sp³-hybridized carbons (Fsp3) is 0.0800. The van der Waals surface area contributed by atoms with Crippen molar-refractivity contribution in [1.29, 1.82) is 0 Å². The maximum atomic E-state index is 12.3. The van der Waals surface area contributed by atoms with Gasteiger partial charge in [-0.05, 0) is 92.4 Å². The van der Waals surface area contributed by atoms with Gasteiger partial charge in [0.2, 0.25) is 0 Å². The highest BCUT2D eigenvalue weighted by atomic mass is 16.4. The third-order valence-electron chi connectivity index (χ3n) is 11.2. The first kappa shape index (κ1) is 31.5. The van der Waals surface area contributed by atoms with Crippen LogP contribution in [0.5, 0.6) is 5.75 Å². The molecular formula is C50H35N3O2. The van der Waals surface area contributed by atoms with Gasteiger partial charge in [0.25, 0.3) is 0 Å². The summed E-state index contributed by atoms with van der Waals surface area (Å²) < 4.78 is 8.67. The molecule has 5 nitrogen and oxygen atoms in total. The van der Waals surface area contributed by atoms with Gasteiger partial charge < -0.3 is 9.52 Å². The molecule has 7 aromatic carbocycles. The SMILES string of the molecule is CC(C)(C)c1cc(-c2cc(-c3ccccc3)ccn2)cc(-c2cccc3c2nc2c4c(O)c5oc6ccc7ccccc7c6c5cc4c4ccccc4n32)c1. The van der Waals surface area contributed by atoms with Gasteiger partial charge >= 0.3 is 0 Å². The van der Waals surface area contributed by atoms with Crippen molar-refractivity contribution in [1.82, 2.24) is 14.4 Å². The van der Waals surface area contributed by atoms with Crippen LogP contribution < -0.4 is 0 Å². The minimum Gasteiger partial charge on any atom is -0.504 e. The number of furan rings is 1. The predicted octanol–water partition coefficient (Wildman–Crippen LogP) is 13.2. The number of pyridine rings is 2. The topological polar surface area (TPSA) is 63.6 Å². The van der Waals surface area contributed by atoms with Gasteiger partial charge in [0, 0.05) is 33.5 Å². The lowest BCUT2D eigenvalue weighted by atomic mass is 9.83. The van der Waals surface area contributed by atoms with E-state index in [9.17, 15) is 5.11 Å². The quantitative estimate of drug-likeness (QED) is 0.186. The Balaban J connectivity index is 1.20. The molecule has 4 aromatic heterocycles. The van der Waals surface area contributed by atoms with Gasteiger partial charge in [-0.2, -0.15) is 0 Å². The largest absolute Gasteiger partial charge is 0.504 e. The average molecular weight is 710 g/mol. The van der Waals surface area contributed by atoms with E-state index in [1.807, 2.05) is 30.5 Å². The summed E-state index contributed by atoms with van der Waals surface area (Å²) in [6.07, 6.45) is 1.90. The number of benzene rings is 7. The smallest absolute Gasteiger partial charge is 0.177 e. The molecule has 0 aliphatic heterocycles. The average Bonchev–Trinajstić information content (AvgIpc) is 3.80. The Bertz CT molecular complexity index is 3370. The van der Waals surface area contributed by atoms with Gasteiger partial charge in [-0.15, -0.1) is 0 Å². The van der Waals surface area contributed by atoms with Crippen LogP contribution in [-0.2, 0) is 5.41 Å². The number of imidazole rings is 1. The van der Waals surface area contributed by atoms with E-state index >= 15 is 0 Å². The molecule has 0 atom stereocenters. The number of fused-ring (bicyclic) bond motifs is 13. The Morgan fingerprint density at radius 1 is 0.582 bits per heavy atom. The normalized spacial score (nSPS) is 12.3. The van der Waals surface area contributed by atoms with Crippen LogP contribution in [-0.4, -0.2) is 19.5 Å². The molecule has 0 aliphatic carbocycles. The molecule has 5 heteroatoms. The number of rotatable bonds is 3. The van der Waals surface area contributed by atoms with E-state index in [2.05, 4.69) is 146 Å². The summed E-state index contributed by atoms with van der Waals surface area (Å²) >= 11 is 0. The van der Waals surface area contributed by atoms with Gasteiger partial charge in [-0.1, -0.05) is 118 Å². The number of phenols is 1. The highest BCUT2D eigenvalue weighted by molar-refractivity contribution is 6.27. The van der Waals surface area contributed by atoms with E-state index in [0.717, 1.165) is 88.0 Å². The Morgan fingerprint density at radius 3 is 2.20 bits per heavy atom. The molecule has 11 rings (SSSR count). The van der Waals surface area contributed by atoms with Crippen molar-refractivity contribution in [3.05, 3.63) is 157 Å². The molecule has 11 aromatic rings. The van der Waals surface area contributed by atoms with Crippen LogP contribution in [0.25, 0.3) is 105 Å². The summed E-state index contributed by atoms with van der Waals surface area (Å²) in [4.78, 5) is 10.3. The van der Waals surface area contributed by atoms with Crippen LogP contribution in [0.1, 0.15) is 26.3 Å². The molecule has 0 fully saturated rings. The third kappa shape index (κ3) is 4.72. The number of hydrogen-bond donors (Lipinski definition) is 1. The Labute approximate surface area is 316 Å². The van der Waals surface area contributed by atoms with Crippen molar-refractivity contribution in [2.75, 3.05) is 0 Å². The van der Waals surface area contributed by atoms with E-state index < -0.39 is 0 Å². The van der Waals surface area contributed by atoms with Crippen LogP contribution in [0.3, 0.4) is 0 Å². The maximum Gasteiger partial charge on any atom is 0.177 e. The number of phenolic OH excluding ortho intramolecular Hbond substituents is 1. The first-order chi connectivity index (χ1) is 26.8. The van der Waals surface area contributed by atoms with Crippen molar-refractivity contribution in [3.63, 3.8) is 0 Å². The van der Waals surface area contributed by atoms with Crippen molar-refractivity contribution >= 4 is 71.1 Å². The number of para-hydroxylation sites is 2. The van der Waals surface area contributed by atoms with Crippen LogP contribution in [0.15, 0.2) is 156 Å². The standard InChI is InChI=1S/C50H35N3O2/c1-50(2,3)34-25-32(24-33(26-34)40-27-31(22-23-51-40)29-12-5-4-6-13-29)36-17-11-19-42-46(36)52-49-45-38(37-16-9-10-18-41(37)53(42)49)28-39-44-35-15-8-7-14-30(35)20-21-43(44)55-48(39)47(45)54/h4-28,54H,1-3H3. The number of aromatic nitrogens is 3. The molecule has 0 bridgehead atoms. The summed E-state index contributed by atoms with van der Waals surface area (Å²) in [7, 11) is 0. The molecule has 0 saturated heterocycles. The summed E-state index contributed by atoms with van der Waals surface area (Å²) in [5, 5.41) is 19.0. The van der Waals surface area contributed by atoms with Crippen LogP contribution in [0.2, 0.25) is 0 Å². The molecule has 1 N–H and O–H groups in total. The number of aromatic hydroxyl groups is 1. The minimum absolute atomic E-state index is 0.0989. The molecule has 0 saturated carbocycles. The summed E-state index contributed by atoms with van der Waals surface area (Å²) in [5.74, 6) is 0.0989. The second-order valence-electron chi connectivity index (χ2n) is 15.6. The van der Waals surface area contributed by atoms with Gasteiger partial charge in [0.05, 0.1) is 27.6 Å². The molecule has 4 heterocycles. The molecule has 0 spiro atoms. The van der Waals surface area contributed by atoms with Gasteiger partial charge in [-0.25, -0.2) is 4.98 Å². The molecular weight excluding hydrogens is 675 g/mol. The van der Waals surface area contributed by atoms with Gasteiger partial charge in [-0.3, -0.25) is 9.38 Å². The zero-order chi connectivity index (χ0) is 37.0. The Hall–Kier alpha value is -6.98. The summed E-state index contributed by atoms with van der Waals surface area (Å²) in [6.45, 7) is 6.74. The van der Waals surface area contributed by atoms with E-state index in [1.54, 1.807) is 0 Å². The monoisotopic (exact) mass is 709 g/mol. The maximum absolute atomic E-state index is 12.3. The van der Waals surface area contributed by atoms with Crippen molar-refractivity contribution in [2.24, 2.45) is 0 Å². The Morgan fingerprint density at radius 2 is 1.35 bits per heavy atom.